The highest BCUT2D eigenvalue weighted by Crippen LogP contribution is 2.42. The van der Waals surface area contributed by atoms with Gasteiger partial charge in [0.05, 0.1) is 6.07 Å². The lowest BCUT2D eigenvalue weighted by Crippen LogP contribution is -2.46. The summed E-state index contributed by atoms with van der Waals surface area (Å²) in [7, 11) is 1.87. The number of aromatic nitrogens is 2. The summed E-state index contributed by atoms with van der Waals surface area (Å²) in [5.41, 5.74) is -0.385. The molecule has 1 aromatic rings. The molecule has 1 N–H and O–H groups in total. The summed E-state index contributed by atoms with van der Waals surface area (Å²) in [6, 6.07) is 2.43. The van der Waals surface area contributed by atoms with E-state index in [1.807, 2.05) is 14.0 Å². The molecule has 0 bridgehead atoms. The maximum absolute atomic E-state index is 9.31. The van der Waals surface area contributed by atoms with E-state index < -0.39 is 0 Å². The van der Waals surface area contributed by atoms with Gasteiger partial charge in [0, 0.05) is 5.75 Å². The first-order valence-electron chi connectivity index (χ1n) is 5.23. The van der Waals surface area contributed by atoms with Gasteiger partial charge in [-0.2, -0.15) is 5.26 Å². The van der Waals surface area contributed by atoms with Crippen LogP contribution < -0.4 is 5.32 Å². The molecule has 0 saturated heterocycles. The van der Waals surface area contributed by atoms with Crippen LogP contribution in [0.1, 0.15) is 17.8 Å². The summed E-state index contributed by atoms with van der Waals surface area (Å²) < 4.78 is 0.952. The van der Waals surface area contributed by atoms with Crippen molar-refractivity contribution in [3.63, 3.8) is 0 Å². The Labute approximate surface area is 103 Å². The van der Waals surface area contributed by atoms with Crippen LogP contribution in [0, 0.1) is 24.2 Å². The number of rotatable bonds is 5. The first-order chi connectivity index (χ1) is 7.70. The summed E-state index contributed by atoms with van der Waals surface area (Å²) in [4.78, 5) is 0. The van der Waals surface area contributed by atoms with E-state index in [-0.39, 0.29) is 5.54 Å². The number of thioether (sulfide) groups is 1. The molecule has 1 aliphatic carbocycles. The molecule has 2 rings (SSSR count). The summed E-state index contributed by atoms with van der Waals surface area (Å²) in [6.07, 6.45) is 2.31. The quantitative estimate of drug-likeness (QED) is 0.812. The van der Waals surface area contributed by atoms with Crippen LogP contribution in [0.3, 0.4) is 0 Å². The molecule has 6 heteroatoms. The van der Waals surface area contributed by atoms with E-state index in [0.29, 0.717) is 5.92 Å². The molecule has 1 saturated carbocycles. The van der Waals surface area contributed by atoms with Gasteiger partial charge in [-0.25, -0.2) is 0 Å². The van der Waals surface area contributed by atoms with Crippen molar-refractivity contribution in [2.24, 2.45) is 5.92 Å². The van der Waals surface area contributed by atoms with Gasteiger partial charge in [0.1, 0.15) is 10.5 Å². The molecule has 1 aromatic heterocycles. The summed E-state index contributed by atoms with van der Waals surface area (Å²) in [5.74, 6) is 1.25. The number of aryl methyl sites for hydroxylation is 1. The third kappa shape index (κ3) is 2.37. The van der Waals surface area contributed by atoms with Crippen molar-refractivity contribution in [3.8, 4) is 6.07 Å². The summed E-state index contributed by atoms with van der Waals surface area (Å²) in [6.45, 7) is 1.94. The average Bonchev–Trinajstić information content (AvgIpc) is 3.06. The highest BCUT2D eigenvalue weighted by molar-refractivity contribution is 8.01. The molecule has 1 atom stereocenters. The van der Waals surface area contributed by atoms with Crippen molar-refractivity contribution in [2.75, 3.05) is 12.8 Å². The minimum absolute atomic E-state index is 0.385. The fourth-order valence-electron chi connectivity index (χ4n) is 1.66. The van der Waals surface area contributed by atoms with Crippen molar-refractivity contribution in [3.05, 3.63) is 5.01 Å². The zero-order chi connectivity index (χ0) is 11.6. The molecule has 1 heterocycles. The Hall–Kier alpha value is -0.640. The lowest BCUT2D eigenvalue weighted by Gasteiger charge is -2.24. The van der Waals surface area contributed by atoms with Gasteiger partial charge in [0.2, 0.25) is 0 Å². The maximum Gasteiger partial charge on any atom is 0.174 e. The van der Waals surface area contributed by atoms with Crippen molar-refractivity contribution >= 4 is 23.1 Å². The van der Waals surface area contributed by atoms with E-state index >= 15 is 0 Å². The Morgan fingerprint density at radius 2 is 2.38 bits per heavy atom. The normalized spacial score (nSPS) is 19.1. The summed E-state index contributed by atoms with van der Waals surface area (Å²) in [5, 5.41) is 21.5. The van der Waals surface area contributed by atoms with Crippen molar-refractivity contribution in [2.45, 2.75) is 29.6 Å². The smallest absolute Gasteiger partial charge is 0.174 e. The van der Waals surface area contributed by atoms with Crippen LogP contribution in [0.2, 0.25) is 0 Å². The predicted molar refractivity (Wildman–Crippen MR) is 65.5 cm³/mol. The second kappa shape index (κ2) is 4.70. The Kier molecular flexibility index (Phi) is 3.47. The third-order valence-electron chi connectivity index (χ3n) is 2.85. The van der Waals surface area contributed by atoms with Crippen molar-refractivity contribution in [1.82, 2.24) is 15.5 Å². The van der Waals surface area contributed by atoms with Gasteiger partial charge in [-0.05, 0) is 32.7 Å². The zero-order valence-electron chi connectivity index (χ0n) is 9.36. The molecule has 86 valence electrons. The molecule has 0 aromatic carbocycles. The lowest BCUT2D eigenvalue weighted by atomic mass is 9.98. The standard InChI is InChI=1S/C10H14N4S2/c1-7-13-14-9(16-7)15-6-10(5-11,12-2)8-3-4-8/h8,12H,3-4,6H2,1-2H3. The summed E-state index contributed by atoms with van der Waals surface area (Å²) >= 11 is 3.21. The van der Waals surface area contributed by atoms with E-state index in [9.17, 15) is 5.26 Å². The average molecular weight is 254 g/mol. The van der Waals surface area contributed by atoms with Gasteiger partial charge in [-0.15, -0.1) is 10.2 Å². The van der Waals surface area contributed by atoms with Crippen LogP contribution in [0.5, 0.6) is 0 Å². The van der Waals surface area contributed by atoms with Crippen molar-refractivity contribution < 1.29 is 0 Å². The van der Waals surface area contributed by atoms with Crippen LogP contribution in [0.4, 0.5) is 0 Å². The topological polar surface area (TPSA) is 61.6 Å². The Bertz CT molecular complexity index is 407. The SMILES string of the molecule is CNC(C#N)(CSc1nnc(C)s1)C1CC1. The minimum atomic E-state index is -0.385. The van der Waals surface area contributed by atoms with E-state index in [4.69, 9.17) is 0 Å². The molecule has 0 spiro atoms. The second-order valence-corrected chi connectivity index (χ2v) is 6.39. The molecular formula is C10H14N4S2. The van der Waals surface area contributed by atoms with Gasteiger partial charge >= 0.3 is 0 Å². The molecule has 0 aliphatic heterocycles. The highest BCUT2D eigenvalue weighted by Gasteiger charge is 2.44. The van der Waals surface area contributed by atoms with E-state index in [0.717, 1.165) is 27.9 Å². The zero-order valence-corrected chi connectivity index (χ0v) is 11.0. The van der Waals surface area contributed by atoms with E-state index in [2.05, 4.69) is 21.6 Å². The number of nitriles is 1. The molecule has 0 amide bonds. The number of hydrogen-bond donors (Lipinski definition) is 1. The number of nitrogens with one attached hydrogen (secondary N) is 1. The maximum atomic E-state index is 9.31. The van der Waals surface area contributed by atoms with Crippen LogP contribution in [-0.2, 0) is 0 Å². The molecule has 16 heavy (non-hydrogen) atoms. The van der Waals surface area contributed by atoms with Gasteiger partial charge in [0.15, 0.2) is 4.34 Å². The first-order valence-corrected chi connectivity index (χ1v) is 7.03. The van der Waals surface area contributed by atoms with Gasteiger partial charge in [-0.1, -0.05) is 23.1 Å². The Morgan fingerprint density at radius 3 is 2.81 bits per heavy atom. The minimum Gasteiger partial charge on any atom is -0.302 e. The number of hydrogen-bond acceptors (Lipinski definition) is 6. The number of nitrogens with zero attached hydrogens (tertiary/aromatic N) is 3. The Morgan fingerprint density at radius 1 is 1.62 bits per heavy atom. The Balaban J connectivity index is 1.99. The molecule has 4 nitrogen and oxygen atoms in total. The largest absolute Gasteiger partial charge is 0.302 e. The first kappa shape index (κ1) is 11.8. The van der Waals surface area contributed by atoms with E-state index in [1.54, 1.807) is 23.1 Å². The second-order valence-electron chi connectivity index (χ2n) is 3.98. The lowest BCUT2D eigenvalue weighted by molar-refractivity contribution is 0.441. The van der Waals surface area contributed by atoms with Gasteiger partial charge in [-0.3, -0.25) is 0 Å². The molecule has 1 fully saturated rings. The fourth-order valence-corrected chi connectivity index (χ4v) is 3.75. The molecule has 0 radical (unpaired) electrons. The highest BCUT2D eigenvalue weighted by atomic mass is 32.2. The molecular weight excluding hydrogens is 240 g/mol. The van der Waals surface area contributed by atoms with Crippen LogP contribution >= 0.6 is 23.1 Å². The third-order valence-corrected chi connectivity index (χ3v) is 5.02. The monoisotopic (exact) mass is 254 g/mol. The van der Waals surface area contributed by atoms with Gasteiger partial charge in [0.25, 0.3) is 0 Å². The molecule has 1 aliphatic rings. The van der Waals surface area contributed by atoms with E-state index in [1.165, 1.54) is 0 Å². The van der Waals surface area contributed by atoms with Crippen LogP contribution in [-0.4, -0.2) is 28.5 Å². The fraction of sp³-hybridized carbons (Fsp3) is 0.700. The van der Waals surface area contributed by atoms with Crippen molar-refractivity contribution in [1.29, 1.82) is 5.26 Å². The van der Waals surface area contributed by atoms with Crippen LogP contribution in [0.15, 0.2) is 4.34 Å². The molecule has 1 unspecified atom stereocenters. The van der Waals surface area contributed by atoms with Gasteiger partial charge < -0.3 is 5.32 Å². The van der Waals surface area contributed by atoms with Crippen LogP contribution in [0.25, 0.3) is 0 Å². The predicted octanol–water partition coefficient (Wildman–Crippen LogP) is 1.83.